The first-order chi connectivity index (χ1) is 17.5. The summed E-state index contributed by atoms with van der Waals surface area (Å²) >= 11 is 14.5. The lowest BCUT2D eigenvalue weighted by molar-refractivity contribution is -0.137. The Morgan fingerprint density at radius 3 is 2.51 bits per heavy atom. The lowest BCUT2D eigenvalue weighted by Gasteiger charge is -2.13. The number of thiophene rings is 1. The molecule has 0 aliphatic carbocycles. The van der Waals surface area contributed by atoms with Crippen LogP contribution in [0.5, 0.6) is 0 Å². The molecular weight excluding hydrogens is 566 g/mol. The molecule has 0 bridgehead atoms. The van der Waals surface area contributed by atoms with Crippen LogP contribution in [-0.4, -0.2) is 21.2 Å². The number of hydrogen-bond acceptors (Lipinski definition) is 5. The zero-order valence-corrected chi connectivity index (χ0v) is 22.7. The summed E-state index contributed by atoms with van der Waals surface area (Å²) in [5.74, 6) is -0.818. The molecule has 0 fully saturated rings. The first-order valence-electron chi connectivity index (χ1n) is 11.1. The molecule has 2 aromatic heterocycles. The van der Waals surface area contributed by atoms with Gasteiger partial charge in [0.05, 0.1) is 33.1 Å². The first-order valence-corrected chi connectivity index (χ1v) is 13.7. The van der Waals surface area contributed by atoms with Gasteiger partial charge in [0.15, 0.2) is 5.16 Å². The molecule has 0 saturated carbocycles. The zero-order chi connectivity index (χ0) is 26.9. The van der Waals surface area contributed by atoms with Gasteiger partial charge in [0.1, 0.15) is 4.83 Å². The fourth-order valence-electron chi connectivity index (χ4n) is 3.70. The summed E-state index contributed by atoms with van der Waals surface area (Å²) in [4.78, 5) is 32.7. The molecule has 0 aliphatic rings. The molecule has 0 spiro atoms. The molecular formula is C25H20Cl2F3N3O2S2. The van der Waals surface area contributed by atoms with Gasteiger partial charge >= 0.3 is 6.18 Å². The van der Waals surface area contributed by atoms with Crippen molar-refractivity contribution in [2.75, 3.05) is 11.1 Å². The number of halogens is 5. The number of benzene rings is 2. The van der Waals surface area contributed by atoms with Crippen molar-refractivity contribution in [3.8, 4) is 5.69 Å². The Morgan fingerprint density at radius 1 is 1.16 bits per heavy atom. The number of nitrogens with zero attached hydrogens (tertiary/aromatic N) is 2. The molecule has 0 aliphatic heterocycles. The zero-order valence-electron chi connectivity index (χ0n) is 19.6. The number of nitrogens with one attached hydrogen (secondary N) is 1. The molecule has 0 unspecified atom stereocenters. The van der Waals surface area contributed by atoms with Crippen molar-refractivity contribution in [1.82, 2.24) is 9.55 Å². The van der Waals surface area contributed by atoms with Crippen LogP contribution in [0.4, 0.5) is 18.9 Å². The number of anilines is 1. The predicted octanol–water partition coefficient (Wildman–Crippen LogP) is 7.76. The van der Waals surface area contributed by atoms with E-state index in [1.165, 1.54) is 15.9 Å². The van der Waals surface area contributed by atoms with E-state index in [1.807, 2.05) is 6.92 Å². The van der Waals surface area contributed by atoms with E-state index in [9.17, 15) is 22.8 Å². The Labute approximate surface area is 228 Å². The Bertz CT molecular complexity index is 1530. The predicted molar refractivity (Wildman–Crippen MR) is 145 cm³/mol. The average Bonchev–Trinajstić information content (AvgIpc) is 3.15. The van der Waals surface area contributed by atoms with E-state index in [0.29, 0.717) is 20.9 Å². The number of carbonyl (C=O) groups is 1. The molecule has 5 nitrogen and oxygen atoms in total. The van der Waals surface area contributed by atoms with Crippen molar-refractivity contribution in [2.45, 2.75) is 38.0 Å². The second kappa shape index (κ2) is 11.1. The molecule has 4 rings (SSSR count). The largest absolute Gasteiger partial charge is 0.416 e. The maximum atomic E-state index is 13.6. The van der Waals surface area contributed by atoms with E-state index < -0.39 is 17.6 Å². The Hall–Kier alpha value is -2.53. The van der Waals surface area contributed by atoms with Crippen LogP contribution in [-0.2, 0) is 17.4 Å². The summed E-state index contributed by atoms with van der Waals surface area (Å²) in [7, 11) is 0. The van der Waals surface area contributed by atoms with Gasteiger partial charge in [0, 0.05) is 9.90 Å². The summed E-state index contributed by atoms with van der Waals surface area (Å²) in [5.41, 5.74) is 0.0521. The second-order valence-corrected chi connectivity index (χ2v) is 11.0. The van der Waals surface area contributed by atoms with E-state index in [1.54, 1.807) is 24.3 Å². The number of aryl methyl sites for hydroxylation is 2. The smallest absolute Gasteiger partial charge is 0.324 e. The van der Waals surface area contributed by atoms with Gasteiger partial charge in [-0.2, -0.15) is 13.2 Å². The molecule has 4 aromatic rings. The number of amides is 1. The third-order valence-corrected chi connectivity index (χ3v) is 8.26. The van der Waals surface area contributed by atoms with Gasteiger partial charge < -0.3 is 5.32 Å². The normalized spacial score (nSPS) is 11.8. The minimum atomic E-state index is -4.58. The molecule has 12 heteroatoms. The summed E-state index contributed by atoms with van der Waals surface area (Å²) in [6.45, 7) is 3.96. The van der Waals surface area contributed by atoms with Crippen molar-refractivity contribution < 1.29 is 18.0 Å². The maximum absolute atomic E-state index is 13.6. The third-order valence-electron chi connectivity index (χ3n) is 5.49. The van der Waals surface area contributed by atoms with Gasteiger partial charge in [-0.25, -0.2) is 4.98 Å². The molecule has 0 atom stereocenters. The standard InChI is InChI=1S/C25H20Cl2F3N3O2S2/c1-3-4-19-13(2)21-22(37-19)32-24(33(23(21)35)16-8-6-15(26)7-9-16)36-12-20(34)31-18-11-14(25(28,29)30)5-10-17(18)27/h5-11H,3-4,12H2,1-2H3,(H,31,34). The van der Waals surface area contributed by atoms with Crippen molar-refractivity contribution in [1.29, 1.82) is 0 Å². The summed E-state index contributed by atoms with van der Waals surface area (Å²) in [6.07, 6.45) is -2.85. The molecule has 1 amide bonds. The van der Waals surface area contributed by atoms with Crippen molar-refractivity contribution >= 4 is 68.1 Å². The van der Waals surface area contributed by atoms with Crippen molar-refractivity contribution in [3.63, 3.8) is 0 Å². The number of fused-ring (bicyclic) bond motifs is 1. The third kappa shape index (κ3) is 5.98. The van der Waals surface area contributed by atoms with Crippen LogP contribution in [0.3, 0.4) is 0 Å². The van der Waals surface area contributed by atoms with Crippen LogP contribution in [0.1, 0.15) is 29.3 Å². The Morgan fingerprint density at radius 2 is 1.86 bits per heavy atom. The van der Waals surface area contributed by atoms with E-state index in [-0.39, 0.29) is 27.2 Å². The number of aromatic nitrogens is 2. The average molecular weight is 586 g/mol. The summed E-state index contributed by atoms with van der Waals surface area (Å²) in [6, 6.07) is 9.35. The van der Waals surface area contributed by atoms with Crippen molar-refractivity contribution in [2.24, 2.45) is 0 Å². The summed E-state index contributed by atoms with van der Waals surface area (Å²) < 4.78 is 40.6. The van der Waals surface area contributed by atoms with Crippen LogP contribution in [0.25, 0.3) is 15.9 Å². The van der Waals surface area contributed by atoms with Crippen LogP contribution in [0, 0.1) is 6.92 Å². The molecule has 1 N–H and O–H groups in total. The Kier molecular flexibility index (Phi) is 8.23. The molecule has 2 heterocycles. The fraction of sp³-hybridized carbons (Fsp3) is 0.240. The maximum Gasteiger partial charge on any atom is 0.416 e. The van der Waals surface area contributed by atoms with Crippen molar-refractivity contribution in [3.05, 3.63) is 78.9 Å². The van der Waals surface area contributed by atoms with Crippen LogP contribution >= 0.6 is 46.3 Å². The number of carbonyl (C=O) groups excluding carboxylic acids is 1. The number of hydrogen-bond donors (Lipinski definition) is 1. The highest BCUT2D eigenvalue weighted by Gasteiger charge is 2.31. The highest BCUT2D eigenvalue weighted by molar-refractivity contribution is 7.99. The topological polar surface area (TPSA) is 64.0 Å². The molecule has 194 valence electrons. The minimum Gasteiger partial charge on any atom is -0.324 e. The molecule has 0 radical (unpaired) electrons. The lowest BCUT2D eigenvalue weighted by atomic mass is 10.1. The van der Waals surface area contributed by atoms with Gasteiger partial charge in [0.25, 0.3) is 5.56 Å². The number of alkyl halides is 3. The monoisotopic (exact) mass is 585 g/mol. The van der Waals surface area contributed by atoms with E-state index in [4.69, 9.17) is 28.2 Å². The van der Waals surface area contributed by atoms with Crippen LogP contribution in [0.2, 0.25) is 10.0 Å². The second-order valence-electron chi connectivity index (χ2n) is 8.12. The van der Waals surface area contributed by atoms with Crippen LogP contribution < -0.4 is 10.9 Å². The highest BCUT2D eigenvalue weighted by atomic mass is 35.5. The van der Waals surface area contributed by atoms with Gasteiger partial charge in [-0.05, 0) is 61.4 Å². The molecule has 37 heavy (non-hydrogen) atoms. The van der Waals surface area contributed by atoms with E-state index in [0.717, 1.165) is 53.2 Å². The van der Waals surface area contributed by atoms with Gasteiger partial charge in [-0.1, -0.05) is 48.3 Å². The van der Waals surface area contributed by atoms with Gasteiger partial charge in [0.2, 0.25) is 5.91 Å². The van der Waals surface area contributed by atoms with Gasteiger partial charge in [-0.15, -0.1) is 11.3 Å². The minimum absolute atomic E-state index is 0.0264. The quantitative estimate of drug-likeness (QED) is 0.178. The highest BCUT2D eigenvalue weighted by Crippen LogP contribution is 2.34. The fourth-order valence-corrected chi connectivity index (χ4v) is 6.13. The first kappa shape index (κ1) is 27.5. The lowest BCUT2D eigenvalue weighted by Crippen LogP contribution is -2.23. The number of thioether (sulfide) groups is 1. The Balaban J connectivity index is 1.69. The molecule has 0 saturated heterocycles. The summed E-state index contributed by atoms with van der Waals surface area (Å²) in [5, 5.41) is 3.68. The SMILES string of the molecule is CCCc1sc2nc(SCC(=O)Nc3cc(C(F)(F)F)ccc3Cl)n(-c3ccc(Cl)cc3)c(=O)c2c1C. The van der Waals surface area contributed by atoms with E-state index in [2.05, 4.69) is 12.2 Å². The van der Waals surface area contributed by atoms with Crippen LogP contribution in [0.15, 0.2) is 52.4 Å². The van der Waals surface area contributed by atoms with Gasteiger partial charge in [-0.3, -0.25) is 14.2 Å². The molecule has 2 aromatic carbocycles. The van der Waals surface area contributed by atoms with E-state index >= 15 is 0 Å². The number of rotatable bonds is 7.